The van der Waals surface area contributed by atoms with Gasteiger partial charge in [0.25, 0.3) is 8.32 Å². The molecule has 7 atom stereocenters. The van der Waals surface area contributed by atoms with Gasteiger partial charge in [0.15, 0.2) is 0 Å². The molecule has 0 spiro atoms. The van der Waals surface area contributed by atoms with Gasteiger partial charge in [0.05, 0.1) is 0 Å². The Bertz CT molecular complexity index is 1200. The van der Waals surface area contributed by atoms with Crippen LogP contribution < -0.4 is 10.4 Å². The summed E-state index contributed by atoms with van der Waals surface area (Å²) in [5, 5.41) is 2.74. The second-order valence-electron chi connectivity index (χ2n) is 17.2. The number of rotatable bonds is 11. The van der Waals surface area contributed by atoms with Crippen molar-refractivity contribution in [3.8, 4) is 0 Å². The van der Waals surface area contributed by atoms with Crippen LogP contribution in [0.15, 0.2) is 72.3 Å². The molecule has 0 heterocycles. The standard InChI is InChI=1S/C42H68O2Si2/c1-14-32(8)40-34(10)27-37-39(44-45(29(2)3,30(4)5)31(6)7)26-25-33(9)41(37)38(40)28-43-46(42(11,12)13,35-21-17-15-18-22-35)36-23-19-16-20-24-36/h14-24,29-31,33-34,37-41H,25-28H2,1-13H3/t33-,34-,37-,38+,39-,40?,41+/m0/s1. The fraction of sp³-hybridized carbons (Fsp3) is 0.667. The topological polar surface area (TPSA) is 18.5 Å². The number of allylic oxidation sites excluding steroid dienone is 2. The summed E-state index contributed by atoms with van der Waals surface area (Å²) in [6, 6.07) is 22.5. The van der Waals surface area contributed by atoms with Crippen molar-refractivity contribution in [2.45, 2.75) is 137 Å². The van der Waals surface area contributed by atoms with Crippen molar-refractivity contribution in [3.63, 3.8) is 0 Å². The molecule has 1 unspecified atom stereocenters. The highest BCUT2D eigenvalue weighted by Crippen LogP contribution is 2.56. The van der Waals surface area contributed by atoms with Crippen LogP contribution in [-0.4, -0.2) is 29.3 Å². The molecule has 0 aromatic heterocycles. The molecule has 46 heavy (non-hydrogen) atoms. The molecule has 0 bridgehead atoms. The Kier molecular flexibility index (Phi) is 12.2. The minimum Gasteiger partial charge on any atom is -0.413 e. The molecule has 2 saturated carbocycles. The van der Waals surface area contributed by atoms with Gasteiger partial charge in [0, 0.05) is 12.7 Å². The molecule has 2 nitrogen and oxygen atoms in total. The first-order valence-electron chi connectivity index (χ1n) is 18.7. The Morgan fingerprint density at radius 2 is 1.30 bits per heavy atom. The summed E-state index contributed by atoms with van der Waals surface area (Å²) >= 11 is 0. The molecule has 256 valence electrons. The second-order valence-corrected chi connectivity index (χ2v) is 26.9. The summed E-state index contributed by atoms with van der Waals surface area (Å²) in [6.07, 6.45) is 6.50. The molecule has 2 aliphatic carbocycles. The van der Waals surface area contributed by atoms with E-state index in [4.69, 9.17) is 8.85 Å². The Morgan fingerprint density at radius 1 is 0.804 bits per heavy atom. The van der Waals surface area contributed by atoms with Crippen LogP contribution in [0, 0.1) is 35.5 Å². The fourth-order valence-corrected chi connectivity index (χ4v) is 21.0. The highest BCUT2D eigenvalue weighted by Gasteiger charge is 2.56. The summed E-state index contributed by atoms with van der Waals surface area (Å²) in [5.41, 5.74) is 3.38. The molecule has 0 saturated heterocycles. The number of hydrogen-bond donors (Lipinski definition) is 0. The molecule has 0 radical (unpaired) electrons. The van der Waals surface area contributed by atoms with E-state index in [1.54, 1.807) is 5.57 Å². The molecule has 2 aromatic rings. The van der Waals surface area contributed by atoms with E-state index in [-0.39, 0.29) is 5.04 Å². The van der Waals surface area contributed by atoms with Crippen molar-refractivity contribution in [2.75, 3.05) is 6.61 Å². The van der Waals surface area contributed by atoms with Crippen LogP contribution in [0.1, 0.15) is 109 Å². The minimum absolute atomic E-state index is 0.0264. The minimum atomic E-state index is -2.65. The van der Waals surface area contributed by atoms with E-state index in [2.05, 4.69) is 157 Å². The molecule has 4 rings (SSSR count). The summed E-state index contributed by atoms with van der Waals surface area (Å²) < 4.78 is 15.5. The van der Waals surface area contributed by atoms with Crippen LogP contribution in [-0.2, 0) is 8.85 Å². The van der Waals surface area contributed by atoms with E-state index in [1.165, 1.54) is 29.6 Å². The molecule has 0 aliphatic heterocycles. The summed E-state index contributed by atoms with van der Waals surface area (Å²) in [7, 11) is -4.65. The van der Waals surface area contributed by atoms with Crippen LogP contribution in [0.3, 0.4) is 0 Å². The van der Waals surface area contributed by atoms with Crippen LogP contribution in [0.2, 0.25) is 21.7 Å². The molecule has 0 amide bonds. The van der Waals surface area contributed by atoms with Crippen molar-refractivity contribution in [2.24, 2.45) is 35.5 Å². The van der Waals surface area contributed by atoms with E-state index in [0.29, 0.717) is 58.2 Å². The molecule has 2 aliphatic rings. The summed E-state index contributed by atoms with van der Waals surface area (Å²) in [5.74, 6) is 3.48. The lowest BCUT2D eigenvalue weighted by Crippen LogP contribution is -2.67. The van der Waals surface area contributed by atoms with Crippen molar-refractivity contribution < 1.29 is 8.85 Å². The zero-order chi connectivity index (χ0) is 34.0. The maximum Gasteiger partial charge on any atom is 0.261 e. The zero-order valence-electron chi connectivity index (χ0n) is 31.8. The largest absolute Gasteiger partial charge is 0.413 e. The summed E-state index contributed by atoms with van der Waals surface area (Å²) in [4.78, 5) is 0. The maximum atomic E-state index is 7.81. The highest BCUT2D eigenvalue weighted by atomic mass is 28.4. The third-order valence-electron chi connectivity index (χ3n) is 12.7. The van der Waals surface area contributed by atoms with Gasteiger partial charge < -0.3 is 8.85 Å². The van der Waals surface area contributed by atoms with E-state index < -0.39 is 16.6 Å². The van der Waals surface area contributed by atoms with Crippen molar-refractivity contribution in [1.29, 1.82) is 0 Å². The first-order valence-corrected chi connectivity index (χ1v) is 22.7. The first kappa shape index (κ1) is 37.4. The SMILES string of the molecule is CC=C(C)C1[C@@H](CO[Si](c2ccccc2)(c2ccccc2)C(C)(C)C)[C@H]2[C@@H](C[C@@H]1C)[C@@H](O[Si](C(C)C)(C(C)C)C(C)C)CC[C@@H]2C. The molecule has 2 fully saturated rings. The van der Waals surface area contributed by atoms with Gasteiger partial charge >= 0.3 is 0 Å². The number of benzene rings is 2. The molecular formula is C42H68O2Si2. The Balaban J connectivity index is 1.82. The zero-order valence-corrected chi connectivity index (χ0v) is 33.8. The van der Waals surface area contributed by atoms with Gasteiger partial charge in [0.1, 0.15) is 0 Å². The average Bonchev–Trinajstić information content (AvgIpc) is 3.00. The van der Waals surface area contributed by atoms with Crippen molar-refractivity contribution >= 4 is 27.0 Å². The third-order valence-corrected chi connectivity index (χ3v) is 23.8. The van der Waals surface area contributed by atoms with Gasteiger partial charge in [-0.05, 0) is 101 Å². The second kappa shape index (κ2) is 15.0. The first-order chi connectivity index (χ1) is 21.6. The van der Waals surface area contributed by atoms with Crippen molar-refractivity contribution in [1.82, 2.24) is 0 Å². The molecule has 0 N–H and O–H groups in total. The van der Waals surface area contributed by atoms with Crippen LogP contribution in [0.5, 0.6) is 0 Å². The van der Waals surface area contributed by atoms with E-state index >= 15 is 0 Å². The predicted molar refractivity (Wildman–Crippen MR) is 205 cm³/mol. The molecular weight excluding hydrogens is 593 g/mol. The quantitative estimate of drug-likeness (QED) is 0.176. The van der Waals surface area contributed by atoms with Crippen LogP contribution in [0.4, 0.5) is 0 Å². The van der Waals surface area contributed by atoms with Gasteiger partial charge in [-0.2, -0.15) is 0 Å². The van der Waals surface area contributed by atoms with E-state index in [1.807, 2.05) is 0 Å². The Morgan fingerprint density at radius 3 is 1.74 bits per heavy atom. The normalized spacial score (nSPS) is 28.2. The number of fused-ring (bicyclic) bond motifs is 1. The summed E-state index contributed by atoms with van der Waals surface area (Å²) in [6.45, 7) is 32.5. The van der Waals surface area contributed by atoms with Gasteiger partial charge in [-0.15, -0.1) is 0 Å². The lowest BCUT2D eigenvalue weighted by molar-refractivity contribution is -0.0808. The Labute approximate surface area is 286 Å². The average molecular weight is 661 g/mol. The monoisotopic (exact) mass is 660 g/mol. The van der Waals surface area contributed by atoms with Gasteiger partial charge in [-0.1, -0.05) is 148 Å². The maximum absolute atomic E-state index is 7.81. The van der Waals surface area contributed by atoms with Crippen LogP contribution >= 0.6 is 0 Å². The number of hydrogen-bond acceptors (Lipinski definition) is 2. The van der Waals surface area contributed by atoms with Crippen LogP contribution in [0.25, 0.3) is 0 Å². The molecule has 4 heteroatoms. The van der Waals surface area contributed by atoms with Gasteiger partial charge in [-0.25, -0.2) is 0 Å². The molecule has 2 aromatic carbocycles. The van der Waals surface area contributed by atoms with Gasteiger partial charge in [0.2, 0.25) is 8.32 Å². The third kappa shape index (κ3) is 6.84. The predicted octanol–water partition coefficient (Wildman–Crippen LogP) is 11.0. The lowest BCUT2D eigenvalue weighted by Gasteiger charge is -2.57. The Hall–Kier alpha value is -1.47. The lowest BCUT2D eigenvalue weighted by atomic mass is 9.53. The fourth-order valence-electron chi connectivity index (χ4n) is 10.8. The smallest absolute Gasteiger partial charge is 0.261 e. The van der Waals surface area contributed by atoms with E-state index in [0.717, 1.165) is 6.61 Å². The van der Waals surface area contributed by atoms with E-state index in [9.17, 15) is 0 Å². The van der Waals surface area contributed by atoms with Gasteiger partial charge in [-0.3, -0.25) is 0 Å². The van der Waals surface area contributed by atoms with Crippen molar-refractivity contribution in [3.05, 3.63) is 72.3 Å². The highest BCUT2D eigenvalue weighted by molar-refractivity contribution is 6.99.